The van der Waals surface area contributed by atoms with Crippen molar-refractivity contribution in [1.82, 2.24) is 15.1 Å². The lowest BCUT2D eigenvalue weighted by Crippen LogP contribution is -2.34. The van der Waals surface area contributed by atoms with Crippen molar-refractivity contribution in [2.24, 2.45) is 11.6 Å². The SMILES string of the molecule is N/C(=C(/Cc1ccccc1)N(N)c1ccccc1F)c1nc(-c2cccnc2)no1. The minimum absolute atomic E-state index is 0.0894. The summed E-state index contributed by atoms with van der Waals surface area (Å²) in [6, 6.07) is 19.3. The molecule has 2 aromatic heterocycles. The molecule has 4 aromatic rings. The smallest absolute Gasteiger partial charge is 0.275 e. The Morgan fingerprint density at radius 3 is 2.50 bits per heavy atom. The van der Waals surface area contributed by atoms with Gasteiger partial charge < -0.3 is 10.3 Å². The molecule has 0 bridgehead atoms. The van der Waals surface area contributed by atoms with Gasteiger partial charge in [0.1, 0.15) is 11.5 Å². The first-order valence-electron chi connectivity index (χ1n) is 9.20. The Bertz CT molecular complexity index is 1160. The minimum atomic E-state index is -0.472. The molecular weight excluding hydrogens is 383 g/mol. The highest BCUT2D eigenvalue weighted by molar-refractivity contribution is 5.68. The molecule has 0 radical (unpaired) electrons. The number of halogens is 1. The zero-order valence-corrected chi connectivity index (χ0v) is 15.9. The molecule has 150 valence electrons. The number of nitrogens with two attached hydrogens (primary N) is 2. The van der Waals surface area contributed by atoms with Gasteiger partial charge in [-0.1, -0.05) is 47.6 Å². The van der Waals surface area contributed by atoms with Gasteiger partial charge in [0.15, 0.2) is 0 Å². The van der Waals surface area contributed by atoms with E-state index >= 15 is 0 Å². The van der Waals surface area contributed by atoms with Crippen LogP contribution in [0.25, 0.3) is 17.1 Å². The van der Waals surface area contributed by atoms with Gasteiger partial charge in [-0.15, -0.1) is 0 Å². The number of hydrogen-bond donors (Lipinski definition) is 2. The van der Waals surface area contributed by atoms with E-state index < -0.39 is 5.82 Å². The van der Waals surface area contributed by atoms with Crippen molar-refractivity contribution >= 4 is 11.4 Å². The highest BCUT2D eigenvalue weighted by Gasteiger charge is 2.21. The molecule has 30 heavy (non-hydrogen) atoms. The fourth-order valence-electron chi connectivity index (χ4n) is 2.96. The number of hydrazine groups is 1. The normalized spacial score (nSPS) is 11.8. The first-order valence-corrected chi connectivity index (χ1v) is 9.20. The number of para-hydroxylation sites is 1. The molecule has 0 unspecified atom stereocenters. The third kappa shape index (κ3) is 4.03. The van der Waals surface area contributed by atoms with Crippen molar-refractivity contribution in [2.45, 2.75) is 6.42 Å². The number of rotatable bonds is 6. The molecular formula is C22H19FN6O. The van der Waals surface area contributed by atoms with Crippen LogP contribution in [0.4, 0.5) is 10.1 Å². The predicted molar refractivity (Wildman–Crippen MR) is 112 cm³/mol. The molecule has 0 spiro atoms. The van der Waals surface area contributed by atoms with Crippen molar-refractivity contribution in [2.75, 3.05) is 5.01 Å². The highest BCUT2D eigenvalue weighted by atomic mass is 19.1. The second kappa shape index (κ2) is 8.54. The standard InChI is InChI=1S/C22H19FN6O/c23-17-10-4-5-11-18(17)29(25)19(13-15-7-2-1-3-8-15)20(24)22-27-21(28-30-22)16-9-6-12-26-14-16/h1-12,14H,13,24-25H2/b20-19-. The molecule has 0 saturated heterocycles. The predicted octanol–water partition coefficient (Wildman–Crippen LogP) is 3.52. The maximum atomic E-state index is 14.4. The van der Waals surface area contributed by atoms with Crippen LogP contribution in [-0.4, -0.2) is 15.1 Å². The van der Waals surface area contributed by atoms with E-state index in [9.17, 15) is 4.39 Å². The van der Waals surface area contributed by atoms with Crippen LogP contribution in [0.2, 0.25) is 0 Å². The van der Waals surface area contributed by atoms with E-state index in [1.807, 2.05) is 30.3 Å². The molecule has 2 aromatic carbocycles. The molecule has 2 heterocycles. The molecule has 4 rings (SSSR count). The van der Waals surface area contributed by atoms with E-state index in [0.29, 0.717) is 23.5 Å². The third-order valence-corrected chi connectivity index (χ3v) is 4.50. The number of benzene rings is 2. The van der Waals surface area contributed by atoms with E-state index in [1.54, 1.807) is 42.7 Å². The summed E-state index contributed by atoms with van der Waals surface area (Å²) in [5.74, 6) is 6.26. The zero-order chi connectivity index (χ0) is 20.9. The lowest BCUT2D eigenvalue weighted by atomic mass is 10.1. The van der Waals surface area contributed by atoms with E-state index in [-0.39, 0.29) is 17.3 Å². The van der Waals surface area contributed by atoms with Crippen LogP contribution in [0, 0.1) is 5.82 Å². The van der Waals surface area contributed by atoms with E-state index in [0.717, 1.165) is 5.56 Å². The van der Waals surface area contributed by atoms with Crippen LogP contribution in [0.5, 0.6) is 0 Å². The van der Waals surface area contributed by atoms with Crippen molar-refractivity contribution in [1.29, 1.82) is 0 Å². The molecule has 0 fully saturated rings. The summed E-state index contributed by atoms with van der Waals surface area (Å²) in [7, 11) is 0. The minimum Gasteiger partial charge on any atom is -0.393 e. The number of aromatic nitrogens is 3. The molecule has 4 N–H and O–H groups in total. The van der Waals surface area contributed by atoms with Crippen molar-refractivity contribution in [3.63, 3.8) is 0 Å². The highest BCUT2D eigenvalue weighted by Crippen LogP contribution is 2.26. The van der Waals surface area contributed by atoms with Gasteiger partial charge in [-0.05, 0) is 29.8 Å². The van der Waals surface area contributed by atoms with Gasteiger partial charge in [0.2, 0.25) is 5.82 Å². The monoisotopic (exact) mass is 402 g/mol. The molecule has 0 aliphatic carbocycles. The number of nitrogens with zero attached hydrogens (tertiary/aromatic N) is 4. The van der Waals surface area contributed by atoms with E-state index in [2.05, 4.69) is 15.1 Å². The van der Waals surface area contributed by atoms with Crippen molar-refractivity contribution < 1.29 is 8.91 Å². The second-order valence-corrected chi connectivity index (χ2v) is 6.51. The van der Waals surface area contributed by atoms with E-state index in [4.69, 9.17) is 16.1 Å². The molecule has 0 saturated carbocycles. The number of hydrogen-bond acceptors (Lipinski definition) is 7. The largest absolute Gasteiger partial charge is 0.393 e. The van der Waals surface area contributed by atoms with Crippen LogP contribution in [0.3, 0.4) is 0 Å². The first kappa shape index (κ1) is 19.3. The fourth-order valence-corrected chi connectivity index (χ4v) is 2.96. The van der Waals surface area contributed by atoms with Crippen LogP contribution in [0.15, 0.2) is 89.3 Å². The average Bonchev–Trinajstić information content (AvgIpc) is 3.29. The summed E-state index contributed by atoms with van der Waals surface area (Å²) >= 11 is 0. The maximum Gasteiger partial charge on any atom is 0.275 e. The number of pyridine rings is 1. The fraction of sp³-hybridized carbons (Fsp3) is 0.0455. The Balaban J connectivity index is 1.77. The lowest BCUT2D eigenvalue weighted by Gasteiger charge is -2.24. The van der Waals surface area contributed by atoms with Crippen molar-refractivity contribution in [3.05, 3.63) is 102 Å². The summed E-state index contributed by atoms with van der Waals surface area (Å²) in [4.78, 5) is 8.41. The summed E-state index contributed by atoms with van der Waals surface area (Å²) in [6.07, 6.45) is 3.60. The Labute approximate surface area is 172 Å². The molecule has 7 nitrogen and oxygen atoms in total. The molecule has 8 heteroatoms. The van der Waals surface area contributed by atoms with Gasteiger partial charge in [-0.3, -0.25) is 9.99 Å². The van der Waals surface area contributed by atoms with Crippen LogP contribution < -0.4 is 16.6 Å². The number of anilines is 1. The zero-order valence-electron chi connectivity index (χ0n) is 15.9. The molecule has 0 aliphatic rings. The quantitative estimate of drug-likeness (QED) is 0.375. The lowest BCUT2D eigenvalue weighted by molar-refractivity contribution is 0.407. The second-order valence-electron chi connectivity index (χ2n) is 6.51. The van der Waals surface area contributed by atoms with Crippen LogP contribution in [-0.2, 0) is 6.42 Å². The summed E-state index contributed by atoms with van der Waals surface area (Å²) in [5, 5.41) is 5.19. The Morgan fingerprint density at radius 1 is 1.00 bits per heavy atom. The Kier molecular flexibility index (Phi) is 5.49. The Hall–Kier alpha value is -4.04. The summed E-state index contributed by atoms with van der Waals surface area (Å²) in [6.45, 7) is 0. The van der Waals surface area contributed by atoms with Crippen molar-refractivity contribution in [3.8, 4) is 11.4 Å². The summed E-state index contributed by atoms with van der Waals surface area (Å²) in [5.41, 5.74) is 8.78. The third-order valence-electron chi connectivity index (χ3n) is 4.50. The van der Waals surface area contributed by atoms with Gasteiger partial charge in [0.05, 0.1) is 11.4 Å². The first-order chi connectivity index (χ1) is 14.6. The average molecular weight is 402 g/mol. The van der Waals surface area contributed by atoms with E-state index in [1.165, 1.54) is 11.1 Å². The van der Waals surface area contributed by atoms with Gasteiger partial charge in [0.25, 0.3) is 5.89 Å². The van der Waals surface area contributed by atoms with Crippen LogP contribution >= 0.6 is 0 Å². The molecule has 0 atom stereocenters. The molecule has 0 aliphatic heterocycles. The van der Waals surface area contributed by atoms with Gasteiger partial charge >= 0.3 is 0 Å². The maximum absolute atomic E-state index is 14.4. The van der Waals surface area contributed by atoms with Gasteiger partial charge in [-0.2, -0.15) is 4.98 Å². The van der Waals surface area contributed by atoms with Gasteiger partial charge in [0, 0.05) is 24.4 Å². The topological polar surface area (TPSA) is 107 Å². The van der Waals surface area contributed by atoms with Gasteiger partial charge in [-0.25, -0.2) is 10.2 Å². The number of allylic oxidation sites excluding steroid dienone is 1. The molecule has 0 amide bonds. The summed E-state index contributed by atoms with van der Waals surface area (Å²) < 4.78 is 19.8. The van der Waals surface area contributed by atoms with Crippen LogP contribution in [0.1, 0.15) is 11.5 Å². The Morgan fingerprint density at radius 2 is 1.77 bits per heavy atom.